The number of nitrogens with one attached hydrogen (secondary N) is 1. The number of carbonyl (C=O) groups is 1. The summed E-state index contributed by atoms with van der Waals surface area (Å²) in [7, 11) is 1.73. The van der Waals surface area contributed by atoms with E-state index in [0.717, 1.165) is 22.2 Å². The second kappa shape index (κ2) is 7.90. The molecule has 0 spiro atoms. The van der Waals surface area contributed by atoms with E-state index in [4.69, 9.17) is 0 Å². The Morgan fingerprint density at radius 1 is 1.06 bits per heavy atom. The average molecular weight is 459 g/mol. The number of aromatic nitrogens is 3. The van der Waals surface area contributed by atoms with E-state index in [1.165, 1.54) is 23.5 Å². The van der Waals surface area contributed by atoms with Crippen molar-refractivity contribution in [2.75, 3.05) is 5.32 Å². The van der Waals surface area contributed by atoms with E-state index in [1.807, 2.05) is 32.0 Å². The van der Waals surface area contributed by atoms with E-state index in [-0.39, 0.29) is 17.3 Å². The van der Waals surface area contributed by atoms with Crippen LogP contribution in [0.1, 0.15) is 21.6 Å². The number of anilines is 1. The zero-order chi connectivity index (χ0) is 23.3. The topological polar surface area (TPSA) is 76.9 Å². The monoisotopic (exact) mass is 458 g/mol. The molecule has 0 aliphatic heterocycles. The highest BCUT2D eigenvalue weighted by atomic mass is 32.1. The largest absolute Gasteiger partial charge is 0.311 e. The minimum Gasteiger partial charge on any atom is -0.311 e. The number of halogens is 1. The molecule has 3 heterocycles. The van der Waals surface area contributed by atoms with Gasteiger partial charge in [-0.2, -0.15) is 0 Å². The van der Waals surface area contributed by atoms with Crippen LogP contribution < -0.4 is 10.9 Å². The van der Waals surface area contributed by atoms with Crippen LogP contribution >= 0.6 is 11.3 Å². The third-order valence-corrected chi connectivity index (χ3v) is 6.54. The van der Waals surface area contributed by atoms with Crippen molar-refractivity contribution in [3.05, 3.63) is 87.7 Å². The second-order valence-corrected chi connectivity index (χ2v) is 8.95. The molecule has 6 nitrogen and oxygen atoms in total. The SMILES string of the molecule is Cc1cc2c(cn1)cc(-c1cc(C(=O)Nc3nc4ccc(F)cc4s3)ccc1C)c(=O)n2C. The fourth-order valence-electron chi connectivity index (χ4n) is 3.83. The van der Waals surface area contributed by atoms with Gasteiger partial charge in [-0.3, -0.25) is 19.9 Å². The number of carbonyl (C=O) groups excluding carboxylic acids is 1. The number of aryl methyl sites for hydroxylation is 3. The van der Waals surface area contributed by atoms with Gasteiger partial charge in [-0.05, 0) is 67.4 Å². The predicted octanol–water partition coefficient (Wildman–Crippen LogP) is 5.22. The zero-order valence-electron chi connectivity index (χ0n) is 18.1. The molecule has 3 aromatic heterocycles. The number of pyridine rings is 2. The van der Waals surface area contributed by atoms with Crippen molar-refractivity contribution in [1.82, 2.24) is 14.5 Å². The van der Waals surface area contributed by atoms with Gasteiger partial charge in [0.1, 0.15) is 5.82 Å². The van der Waals surface area contributed by atoms with E-state index < -0.39 is 0 Å². The lowest BCUT2D eigenvalue weighted by atomic mass is 9.97. The number of hydrogen-bond acceptors (Lipinski definition) is 5. The molecule has 0 bridgehead atoms. The number of rotatable bonds is 3. The first kappa shape index (κ1) is 21.0. The zero-order valence-corrected chi connectivity index (χ0v) is 19.0. The molecule has 0 saturated carbocycles. The lowest BCUT2D eigenvalue weighted by molar-refractivity contribution is 0.102. The van der Waals surface area contributed by atoms with Gasteiger partial charge in [0.2, 0.25) is 0 Å². The van der Waals surface area contributed by atoms with E-state index in [1.54, 1.807) is 36.0 Å². The van der Waals surface area contributed by atoms with Gasteiger partial charge in [-0.1, -0.05) is 17.4 Å². The Morgan fingerprint density at radius 2 is 1.88 bits per heavy atom. The molecule has 5 aromatic rings. The lowest BCUT2D eigenvalue weighted by Gasteiger charge is -2.12. The predicted molar refractivity (Wildman–Crippen MR) is 129 cm³/mol. The minimum absolute atomic E-state index is 0.151. The number of fused-ring (bicyclic) bond motifs is 2. The van der Waals surface area contributed by atoms with E-state index in [0.29, 0.717) is 32.0 Å². The molecule has 0 atom stereocenters. The van der Waals surface area contributed by atoms with E-state index >= 15 is 0 Å². The van der Waals surface area contributed by atoms with Gasteiger partial charge < -0.3 is 4.57 Å². The molecule has 0 saturated heterocycles. The molecular formula is C25H19FN4O2S. The third-order valence-electron chi connectivity index (χ3n) is 5.61. The highest BCUT2D eigenvalue weighted by Gasteiger charge is 2.16. The van der Waals surface area contributed by atoms with Crippen LogP contribution in [0.4, 0.5) is 9.52 Å². The Balaban J connectivity index is 1.54. The average Bonchev–Trinajstić information content (AvgIpc) is 3.18. The second-order valence-electron chi connectivity index (χ2n) is 7.92. The van der Waals surface area contributed by atoms with Crippen LogP contribution in [0.5, 0.6) is 0 Å². The number of amides is 1. The number of nitrogens with zero attached hydrogens (tertiary/aromatic N) is 3. The van der Waals surface area contributed by atoms with Crippen LogP contribution in [-0.4, -0.2) is 20.4 Å². The highest BCUT2D eigenvalue weighted by molar-refractivity contribution is 7.22. The quantitative estimate of drug-likeness (QED) is 0.402. The molecule has 2 aromatic carbocycles. The normalized spacial score (nSPS) is 11.3. The first-order valence-electron chi connectivity index (χ1n) is 10.2. The van der Waals surface area contributed by atoms with Crippen LogP contribution in [0.3, 0.4) is 0 Å². The van der Waals surface area contributed by atoms with E-state index in [2.05, 4.69) is 15.3 Å². The summed E-state index contributed by atoms with van der Waals surface area (Å²) in [5.41, 5.74) is 4.54. The molecule has 1 amide bonds. The Bertz CT molecular complexity index is 1640. The smallest absolute Gasteiger partial charge is 0.258 e. The summed E-state index contributed by atoms with van der Waals surface area (Å²) in [6.07, 6.45) is 1.75. The Kier molecular flexibility index (Phi) is 5.02. The van der Waals surface area contributed by atoms with Crippen LogP contribution in [0.15, 0.2) is 59.5 Å². The van der Waals surface area contributed by atoms with E-state index in [9.17, 15) is 14.0 Å². The van der Waals surface area contributed by atoms with Crippen LogP contribution in [0.25, 0.3) is 32.2 Å². The van der Waals surface area contributed by atoms with Crippen molar-refractivity contribution in [3.8, 4) is 11.1 Å². The Labute approximate surface area is 192 Å². The van der Waals surface area contributed by atoms with Crippen LogP contribution in [0, 0.1) is 19.7 Å². The maximum absolute atomic E-state index is 13.5. The van der Waals surface area contributed by atoms with Gasteiger partial charge >= 0.3 is 0 Å². The summed E-state index contributed by atoms with van der Waals surface area (Å²) >= 11 is 1.20. The fourth-order valence-corrected chi connectivity index (χ4v) is 4.72. The first-order valence-corrected chi connectivity index (χ1v) is 11.1. The summed E-state index contributed by atoms with van der Waals surface area (Å²) < 4.78 is 15.7. The molecule has 0 radical (unpaired) electrons. The maximum Gasteiger partial charge on any atom is 0.258 e. The molecule has 0 aliphatic rings. The molecule has 0 aliphatic carbocycles. The Morgan fingerprint density at radius 3 is 2.70 bits per heavy atom. The van der Waals surface area contributed by atoms with Gasteiger partial charge in [0.25, 0.3) is 11.5 Å². The van der Waals surface area contributed by atoms with Crippen molar-refractivity contribution in [2.24, 2.45) is 7.05 Å². The van der Waals surface area contributed by atoms with Gasteiger partial charge in [-0.15, -0.1) is 0 Å². The van der Waals surface area contributed by atoms with Crippen molar-refractivity contribution in [2.45, 2.75) is 13.8 Å². The maximum atomic E-state index is 13.5. The van der Waals surface area contributed by atoms with Gasteiger partial charge in [-0.25, -0.2) is 9.37 Å². The number of thiazole rings is 1. The molecule has 164 valence electrons. The molecule has 1 N–H and O–H groups in total. The molecule has 8 heteroatoms. The third kappa shape index (κ3) is 3.78. The van der Waals surface area contributed by atoms with Crippen LogP contribution in [-0.2, 0) is 7.05 Å². The van der Waals surface area contributed by atoms with Crippen molar-refractivity contribution < 1.29 is 9.18 Å². The summed E-state index contributed by atoms with van der Waals surface area (Å²) in [4.78, 5) is 34.8. The van der Waals surface area contributed by atoms with Crippen molar-refractivity contribution >= 4 is 43.5 Å². The van der Waals surface area contributed by atoms with Gasteiger partial charge in [0.05, 0.1) is 15.7 Å². The molecule has 0 unspecified atom stereocenters. The van der Waals surface area contributed by atoms with Crippen LogP contribution in [0.2, 0.25) is 0 Å². The number of hydrogen-bond donors (Lipinski definition) is 1. The summed E-state index contributed by atoms with van der Waals surface area (Å²) in [5, 5.41) is 4.00. The molecular weight excluding hydrogens is 439 g/mol. The Hall–Kier alpha value is -3.91. The van der Waals surface area contributed by atoms with Crippen molar-refractivity contribution in [1.29, 1.82) is 0 Å². The highest BCUT2D eigenvalue weighted by Crippen LogP contribution is 2.28. The summed E-state index contributed by atoms with van der Waals surface area (Å²) in [5.74, 6) is -0.708. The standard InChI is InChI=1S/C25H19FN4O2S/c1-13-4-5-15(23(31)29-25-28-20-7-6-17(26)11-22(20)33-25)9-18(13)19-10-16-12-27-14(2)8-21(16)30(3)24(19)32/h4-12H,1-3H3,(H,28,29,31). The van der Waals surface area contributed by atoms with Gasteiger partial charge in [0, 0.05) is 35.5 Å². The summed E-state index contributed by atoms with van der Waals surface area (Å²) in [6.45, 7) is 3.78. The fraction of sp³-hybridized carbons (Fsp3) is 0.120. The molecule has 5 rings (SSSR count). The number of benzene rings is 2. The molecule has 33 heavy (non-hydrogen) atoms. The first-order chi connectivity index (χ1) is 15.8. The summed E-state index contributed by atoms with van der Waals surface area (Å²) in [6, 6.07) is 13.2. The molecule has 0 fully saturated rings. The van der Waals surface area contributed by atoms with Gasteiger partial charge in [0.15, 0.2) is 5.13 Å². The minimum atomic E-state index is -0.356. The lowest BCUT2D eigenvalue weighted by Crippen LogP contribution is -2.20. The van der Waals surface area contributed by atoms with Crippen molar-refractivity contribution in [3.63, 3.8) is 0 Å².